The standard InChI is InChI=1S/C45H44FN3O5S2/c1-5-54-44(53)38-35-24-21-31(45(2,3)4)26-37(35)56-43(38)49-42(52)39(29-13-8-6-9-14-29)55-34-18-12-17-33(27-34)47-41(51)36(25-28-19-22-32(46)23-20-28)48-40(50)30-15-10-7-11-16-30/h6-20,22-23,25,27,31,39H,5,21,24,26H2,1-4H3,(H,47,51)(H,48,50)(H,49,52)/b36-25+. The number of hydrogen-bond donors (Lipinski definition) is 3. The molecule has 6 rings (SSSR count). The third kappa shape index (κ3) is 10.0. The van der Waals surface area contributed by atoms with Gasteiger partial charge < -0.3 is 20.7 Å². The van der Waals surface area contributed by atoms with Gasteiger partial charge in [-0.05, 0) is 103 Å². The predicted molar refractivity (Wildman–Crippen MR) is 222 cm³/mol. The zero-order valence-corrected chi connectivity index (χ0v) is 33.3. The summed E-state index contributed by atoms with van der Waals surface area (Å²) in [7, 11) is 0. The normalized spacial score (nSPS) is 14.6. The third-order valence-electron chi connectivity index (χ3n) is 9.60. The molecule has 0 saturated heterocycles. The van der Waals surface area contributed by atoms with Crippen LogP contribution in [0.25, 0.3) is 6.08 Å². The molecule has 1 aliphatic carbocycles. The molecule has 1 heterocycles. The molecule has 0 saturated carbocycles. The van der Waals surface area contributed by atoms with E-state index in [4.69, 9.17) is 4.74 Å². The fourth-order valence-electron chi connectivity index (χ4n) is 6.56. The van der Waals surface area contributed by atoms with Crippen molar-refractivity contribution >= 4 is 63.6 Å². The fraction of sp³-hybridized carbons (Fsp3) is 0.244. The molecule has 8 nitrogen and oxygen atoms in total. The zero-order chi connectivity index (χ0) is 39.8. The molecule has 0 bridgehead atoms. The average molecular weight is 790 g/mol. The Balaban J connectivity index is 1.25. The molecule has 2 unspecified atom stereocenters. The molecule has 0 fully saturated rings. The van der Waals surface area contributed by atoms with Gasteiger partial charge in [0.1, 0.15) is 21.8 Å². The highest BCUT2D eigenvalue weighted by Crippen LogP contribution is 2.45. The van der Waals surface area contributed by atoms with E-state index in [2.05, 4.69) is 36.7 Å². The lowest BCUT2D eigenvalue weighted by molar-refractivity contribution is -0.116. The Labute approximate surface area is 335 Å². The van der Waals surface area contributed by atoms with Crippen LogP contribution in [-0.2, 0) is 27.2 Å². The summed E-state index contributed by atoms with van der Waals surface area (Å²) in [5.41, 5.74) is 3.52. The Bertz CT molecular complexity index is 2230. The van der Waals surface area contributed by atoms with E-state index < -0.39 is 28.9 Å². The van der Waals surface area contributed by atoms with Crippen LogP contribution in [0, 0.1) is 17.2 Å². The van der Waals surface area contributed by atoms with Crippen molar-refractivity contribution in [3.05, 3.63) is 153 Å². The Morgan fingerprint density at radius 1 is 0.911 bits per heavy atom. The number of carbonyl (C=O) groups is 4. The second kappa shape index (κ2) is 18.0. The predicted octanol–water partition coefficient (Wildman–Crippen LogP) is 10.1. The highest BCUT2D eigenvalue weighted by Gasteiger charge is 2.35. The molecule has 56 heavy (non-hydrogen) atoms. The van der Waals surface area contributed by atoms with Crippen LogP contribution >= 0.6 is 23.1 Å². The van der Waals surface area contributed by atoms with Gasteiger partial charge in [-0.1, -0.05) is 87.5 Å². The number of hydrogen-bond acceptors (Lipinski definition) is 7. The van der Waals surface area contributed by atoms with E-state index in [1.807, 2.05) is 36.4 Å². The highest BCUT2D eigenvalue weighted by molar-refractivity contribution is 8.00. The van der Waals surface area contributed by atoms with E-state index in [1.54, 1.807) is 55.5 Å². The first-order chi connectivity index (χ1) is 26.9. The van der Waals surface area contributed by atoms with Gasteiger partial charge in [-0.25, -0.2) is 9.18 Å². The van der Waals surface area contributed by atoms with Gasteiger partial charge in [0.15, 0.2) is 0 Å². The number of esters is 1. The first-order valence-corrected chi connectivity index (χ1v) is 20.2. The Hall–Kier alpha value is -5.52. The number of fused-ring (bicyclic) bond motifs is 1. The molecule has 1 aromatic heterocycles. The molecule has 5 aromatic rings. The Morgan fingerprint density at radius 2 is 1.61 bits per heavy atom. The quantitative estimate of drug-likeness (QED) is 0.0659. The SMILES string of the molecule is CCOC(=O)c1c(NC(=O)C(Sc2cccc(NC(=O)/C(=C\c3ccc(F)cc3)NC(=O)c3ccccc3)c2)c2ccccc2)sc2c1CCC(C(C)(C)C)C2. The molecule has 11 heteroatoms. The van der Waals surface area contributed by atoms with Crippen molar-refractivity contribution < 1.29 is 28.3 Å². The topological polar surface area (TPSA) is 114 Å². The van der Waals surface area contributed by atoms with E-state index in [0.717, 1.165) is 35.3 Å². The Morgan fingerprint density at radius 3 is 2.29 bits per heavy atom. The maximum Gasteiger partial charge on any atom is 0.341 e. The molecule has 288 valence electrons. The van der Waals surface area contributed by atoms with E-state index in [-0.39, 0.29) is 23.6 Å². The van der Waals surface area contributed by atoms with Crippen LogP contribution in [0.1, 0.15) is 81.6 Å². The number of benzene rings is 4. The number of carbonyl (C=O) groups excluding carboxylic acids is 4. The summed E-state index contributed by atoms with van der Waals surface area (Å²) < 4.78 is 19.1. The number of thioether (sulfide) groups is 1. The third-order valence-corrected chi connectivity index (χ3v) is 12.0. The second-order valence-corrected chi connectivity index (χ2v) is 16.8. The van der Waals surface area contributed by atoms with Crippen molar-refractivity contribution in [3.8, 4) is 0 Å². The van der Waals surface area contributed by atoms with Gasteiger partial charge in [-0.3, -0.25) is 14.4 Å². The van der Waals surface area contributed by atoms with Crippen molar-refractivity contribution in [3.63, 3.8) is 0 Å². The van der Waals surface area contributed by atoms with Crippen LogP contribution in [0.3, 0.4) is 0 Å². The maximum atomic E-state index is 14.3. The minimum atomic E-state index is -0.724. The van der Waals surface area contributed by atoms with E-state index in [1.165, 1.54) is 53.4 Å². The summed E-state index contributed by atoms with van der Waals surface area (Å²) in [4.78, 5) is 56.3. The van der Waals surface area contributed by atoms with E-state index in [0.29, 0.717) is 38.2 Å². The van der Waals surface area contributed by atoms with Crippen molar-refractivity contribution in [1.29, 1.82) is 0 Å². The lowest BCUT2D eigenvalue weighted by atomic mass is 9.72. The first-order valence-electron chi connectivity index (χ1n) is 18.5. The molecular weight excluding hydrogens is 746 g/mol. The van der Waals surface area contributed by atoms with Crippen LogP contribution < -0.4 is 16.0 Å². The highest BCUT2D eigenvalue weighted by atomic mass is 32.2. The van der Waals surface area contributed by atoms with Crippen LogP contribution in [0.4, 0.5) is 15.1 Å². The number of rotatable bonds is 12. The number of halogens is 1. The minimum absolute atomic E-state index is 0.0464. The minimum Gasteiger partial charge on any atom is -0.462 e. The smallest absolute Gasteiger partial charge is 0.341 e. The van der Waals surface area contributed by atoms with Crippen molar-refractivity contribution in [2.75, 3.05) is 17.2 Å². The first kappa shape index (κ1) is 40.2. The van der Waals surface area contributed by atoms with Gasteiger partial charge in [-0.15, -0.1) is 23.1 Å². The van der Waals surface area contributed by atoms with E-state index in [9.17, 15) is 23.6 Å². The molecule has 3 N–H and O–H groups in total. The largest absolute Gasteiger partial charge is 0.462 e. The van der Waals surface area contributed by atoms with Gasteiger partial charge in [-0.2, -0.15) is 0 Å². The van der Waals surface area contributed by atoms with Gasteiger partial charge in [0, 0.05) is 21.0 Å². The van der Waals surface area contributed by atoms with E-state index >= 15 is 0 Å². The summed E-state index contributed by atoms with van der Waals surface area (Å²) >= 11 is 2.75. The summed E-state index contributed by atoms with van der Waals surface area (Å²) in [5.74, 6) is -1.81. The molecule has 0 aliphatic heterocycles. The molecule has 1 aliphatic rings. The average Bonchev–Trinajstić information content (AvgIpc) is 3.55. The second-order valence-electron chi connectivity index (χ2n) is 14.5. The lowest BCUT2D eigenvalue weighted by Crippen LogP contribution is -2.30. The molecule has 4 aromatic carbocycles. The summed E-state index contributed by atoms with van der Waals surface area (Å²) in [6.07, 6.45) is 3.99. The van der Waals surface area contributed by atoms with Gasteiger partial charge >= 0.3 is 5.97 Å². The zero-order valence-electron chi connectivity index (χ0n) is 31.7. The number of amides is 3. The van der Waals surface area contributed by atoms with Crippen LogP contribution in [-0.4, -0.2) is 30.3 Å². The fourth-order valence-corrected chi connectivity index (χ4v) is 8.96. The van der Waals surface area contributed by atoms with Crippen LogP contribution in [0.2, 0.25) is 0 Å². The molecular formula is C45H44FN3O5S2. The monoisotopic (exact) mass is 789 g/mol. The number of thiophene rings is 1. The van der Waals surface area contributed by atoms with Crippen LogP contribution in [0.5, 0.6) is 0 Å². The number of anilines is 2. The van der Waals surface area contributed by atoms with Gasteiger partial charge in [0.25, 0.3) is 11.8 Å². The molecule has 2 atom stereocenters. The summed E-state index contributed by atoms with van der Waals surface area (Å²) in [5, 5.41) is 8.45. The summed E-state index contributed by atoms with van der Waals surface area (Å²) in [6.45, 7) is 8.70. The molecule has 3 amide bonds. The van der Waals surface area contributed by atoms with Crippen molar-refractivity contribution in [2.45, 2.75) is 57.1 Å². The van der Waals surface area contributed by atoms with Crippen molar-refractivity contribution in [1.82, 2.24) is 5.32 Å². The Kier molecular flexibility index (Phi) is 12.9. The van der Waals surface area contributed by atoms with Crippen LogP contribution in [0.15, 0.2) is 120 Å². The molecule has 0 radical (unpaired) electrons. The van der Waals surface area contributed by atoms with Gasteiger partial charge in [0.05, 0.1) is 12.2 Å². The lowest BCUT2D eigenvalue weighted by Gasteiger charge is -2.33. The molecule has 0 spiro atoms. The van der Waals surface area contributed by atoms with Gasteiger partial charge in [0.2, 0.25) is 5.91 Å². The number of nitrogens with one attached hydrogen (secondary N) is 3. The maximum absolute atomic E-state index is 14.3. The van der Waals surface area contributed by atoms with Crippen molar-refractivity contribution in [2.24, 2.45) is 11.3 Å². The summed E-state index contributed by atoms with van der Waals surface area (Å²) in [6, 6.07) is 30.5. The number of ether oxygens (including phenoxy) is 1.